The number of halogens is 5. The van der Waals surface area contributed by atoms with E-state index in [4.69, 9.17) is 23.2 Å². The van der Waals surface area contributed by atoms with Gasteiger partial charge in [0.15, 0.2) is 32.9 Å². The number of ketones is 2. The number of hydrogen-bond acceptors (Lipinski definition) is 6. The van der Waals surface area contributed by atoms with Crippen molar-refractivity contribution in [3.05, 3.63) is 74.7 Å². The number of aryl methyl sites for hydroxylation is 1. The number of carbonyl (C=O) groups is 2. The SMILES string of the molecule is CCC1(CC(=O)c2cc(Cl)cc(C)c2CC(=O)c2cc(C(F)(F)F)nn2-c2ncccc2Cl)CS(=O)(=O)C1. The minimum atomic E-state index is -4.84. The molecule has 0 radical (unpaired) electrons. The molecule has 0 N–H and O–H groups in total. The summed E-state index contributed by atoms with van der Waals surface area (Å²) in [5.74, 6) is -1.54. The van der Waals surface area contributed by atoms with Gasteiger partial charge in [-0.2, -0.15) is 18.3 Å². The van der Waals surface area contributed by atoms with Crippen molar-refractivity contribution in [3.8, 4) is 5.82 Å². The maximum Gasteiger partial charge on any atom is 0.435 e. The molecule has 0 atom stereocenters. The summed E-state index contributed by atoms with van der Waals surface area (Å²) in [6.07, 6.45) is -3.57. The van der Waals surface area contributed by atoms with Gasteiger partial charge in [-0.15, -0.1) is 0 Å². The van der Waals surface area contributed by atoms with E-state index in [0.29, 0.717) is 18.1 Å². The standard InChI is InChI=1S/C25H22Cl2F3N3O4S/c1-3-24(12-38(36,37)13-24)11-21(35)17-8-15(26)7-14(2)16(17)9-20(34)19-10-22(25(28,29)30)32-33(19)23-18(27)5-4-6-31-23/h4-8,10H,3,9,11-13H2,1-2H3. The number of sulfone groups is 1. The van der Waals surface area contributed by atoms with E-state index in [0.717, 1.165) is 4.68 Å². The zero-order valence-electron chi connectivity index (χ0n) is 20.3. The van der Waals surface area contributed by atoms with Gasteiger partial charge in [-0.3, -0.25) is 9.59 Å². The zero-order chi connectivity index (χ0) is 28.0. The summed E-state index contributed by atoms with van der Waals surface area (Å²) in [5, 5.41) is 3.76. The van der Waals surface area contributed by atoms with E-state index in [1.807, 2.05) is 0 Å². The second-order valence-corrected chi connectivity index (χ2v) is 12.4. The highest BCUT2D eigenvalue weighted by atomic mass is 35.5. The summed E-state index contributed by atoms with van der Waals surface area (Å²) < 4.78 is 64.9. The van der Waals surface area contributed by atoms with Crippen molar-refractivity contribution >= 4 is 44.6 Å². The Labute approximate surface area is 226 Å². The molecular formula is C25H22Cl2F3N3O4S. The Morgan fingerprint density at radius 2 is 1.82 bits per heavy atom. The second-order valence-electron chi connectivity index (χ2n) is 9.47. The molecule has 3 heterocycles. The molecule has 1 saturated heterocycles. The van der Waals surface area contributed by atoms with Gasteiger partial charge in [0, 0.05) is 41.1 Å². The van der Waals surface area contributed by atoms with Crippen LogP contribution in [-0.2, 0) is 22.4 Å². The number of aromatic nitrogens is 3. The van der Waals surface area contributed by atoms with Crippen LogP contribution in [0.2, 0.25) is 10.0 Å². The lowest BCUT2D eigenvalue weighted by Crippen LogP contribution is -2.49. The van der Waals surface area contributed by atoms with Crippen molar-refractivity contribution in [1.29, 1.82) is 0 Å². The molecule has 0 unspecified atom stereocenters. The van der Waals surface area contributed by atoms with Gasteiger partial charge in [-0.25, -0.2) is 18.1 Å². The molecule has 0 saturated carbocycles. The Hall–Kier alpha value is -2.76. The van der Waals surface area contributed by atoms with Crippen LogP contribution in [0.1, 0.15) is 57.4 Å². The maximum atomic E-state index is 13.5. The van der Waals surface area contributed by atoms with E-state index in [2.05, 4.69) is 10.1 Å². The van der Waals surface area contributed by atoms with Gasteiger partial charge in [0.05, 0.1) is 16.5 Å². The normalized spacial score (nSPS) is 16.2. The number of nitrogens with zero attached hydrogens (tertiary/aromatic N) is 3. The minimum absolute atomic E-state index is 0.0165. The molecule has 4 rings (SSSR count). The minimum Gasteiger partial charge on any atom is -0.294 e. The van der Waals surface area contributed by atoms with Crippen LogP contribution >= 0.6 is 23.2 Å². The fourth-order valence-corrected chi connectivity index (χ4v) is 7.55. The van der Waals surface area contributed by atoms with E-state index in [9.17, 15) is 31.2 Å². The molecule has 1 aliphatic rings. The topological polar surface area (TPSA) is 99.0 Å². The lowest BCUT2D eigenvalue weighted by molar-refractivity contribution is -0.141. The summed E-state index contributed by atoms with van der Waals surface area (Å²) in [5.41, 5.74) is -1.53. The third kappa shape index (κ3) is 5.64. The first-order chi connectivity index (χ1) is 17.6. The molecule has 3 aromatic rings. The first-order valence-electron chi connectivity index (χ1n) is 11.5. The Balaban J connectivity index is 1.73. The van der Waals surface area contributed by atoms with E-state index in [1.165, 1.54) is 24.4 Å². The molecule has 1 aliphatic heterocycles. The molecule has 7 nitrogen and oxygen atoms in total. The van der Waals surface area contributed by atoms with Crippen molar-refractivity contribution < 1.29 is 31.2 Å². The molecular weight excluding hydrogens is 566 g/mol. The predicted octanol–water partition coefficient (Wildman–Crippen LogP) is 5.72. The van der Waals surface area contributed by atoms with Crippen LogP contribution in [-0.4, -0.2) is 46.3 Å². The average Bonchev–Trinajstić information content (AvgIpc) is 3.25. The lowest BCUT2D eigenvalue weighted by Gasteiger charge is -2.40. The molecule has 0 aliphatic carbocycles. The Kier molecular flexibility index (Phi) is 7.50. The van der Waals surface area contributed by atoms with Gasteiger partial charge < -0.3 is 0 Å². The summed E-state index contributed by atoms with van der Waals surface area (Å²) >= 11 is 12.3. The predicted molar refractivity (Wildman–Crippen MR) is 136 cm³/mol. The van der Waals surface area contributed by atoms with Crippen molar-refractivity contribution in [2.24, 2.45) is 5.41 Å². The van der Waals surface area contributed by atoms with Crippen LogP contribution in [0.3, 0.4) is 0 Å². The number of hydrogen-bond donors (Lipinski definition) is 0. The third-order valence-corrected chi connectivity index (χ3v) is 9.26. The van der Waals surface area contributed by atoms with Gasteiger partial charge in [0.2, 0.25) is 0 Å². The van der Waals surface area contributed by atoms with Gasteiger partial charge in [0.1, 0.15) is 5.69 Å². The number of rotatable bonds is 8. The second kappa shape index (κ2) is 10.1. The van der Waals surface area contributed by atoms with Crippen LogP contribution < -0.4 is 0 Å². The van der Waals surface area contributed by atoms with Crippen molar-refractivity contribution in [3.63, 3.8) is 0 Å². The highest BCUT2D eigenvalue weighted by Crippen LogP contribution is 2.41. The highest BCUT2D eigenvalue weighted by molar-refractivity contribution is 7.92. The fourth-order valence-electron chi connectivity index (χ4n) is 4.68. The summed E-state index contributed by atoms with van der Waals surface area (Å²) in [4.78, 5) is 30.8. The van der Waals surface area contributed by atoms with E-state index < -0.39 is 50.8 Å². The number of carbonyl (C=O) groups excluding carboxylic acids is 2. The molecule has 13 heteroatoms. The quantitative estimate of drug-likeness (QED) is 0.312. The number of benzene rings is 1. The Morgan fingerprint density at radius 3 is 2.39 bits per heavy atom. The van der Waals surface area contributed by atoms with Gasteiger partial charge >= 0.3 is 6.18 Å². The summed E-state index contributed by atoms with van der Waals surface area (Å²) in [6, 6.07) is 6.43. The number of pyridine rings is 1. The first kappa shape index (κ1) is 28.3. The van der Waals surface area contributed by atoms with Gasteiger partial charge in [-0.1, -0.05) is 30.1 Å². The molecule has 0 bridgehead atoms. The molecule has 0 amide bonds. The van der Waals surface area contributed by atoms with Crippen LogP contribution in [0.15, 0.2) is 36.5 Å². The van der Waals surface area contributed by atoms with Gasteiger partial charge in [0.25, 0.3) is 0 Å². The Morgan fingerprint density at radius 1 is 1.13 bits per heavy atom. The van der Waals surface area contributed by atoms with E-state index in [1.54, 1.807) is 19.9 Å². The van der Waals surface area contributed by atoms with Crippen LogP contribution in [0.4, 0.5) is 13.2 Å². The molecule has 2 aromatic heterocycles. The smallest absolute Gasteiger partial charge is 0.294 e. The molecule has 1 fully saturated rings. The number of Topliss-reactive ketones (excluding diaryl/α,β-unsaturated/α-hetero) is 2. The van der Waals surface area contributed by atoms with Crippen LogP contribution in [0.25, 0.3) is 5.82 Å². The Bertz CT molecular complexity index is 1540. The molecule has 38 heavy (non-hydrogen) atoms. The summed E-state index contributed by atoms with van der Waals surface area (Å²) in [7, 11) is -3.21. The van der Waals surface area contributed by atoms with Crippen molar-refractivity contribution in [2.75, 3.05) is 11.5 Å². The van der Waals surface area contributed by atoms with Gasteiger partial charge in [-0.05, 0) is 48.7 Å². The van der Waals surface area contributed by atoms with Crippen LogP contribution in [0, 0.1) is 12.3 Å². The molecule has 0 spiro atoms. The van der Waals surface area contributed by atoms with Crippen LogP contribution in [0.5, 0.6) is 0 Å². The lowest BCUT2D eigenvalue weighted by atomic mass is 9.80. The average molecular weight is 588 g/mol. The monoisotopic (exact) mass is 587 g/mol. The van der Waals surface area contributed by atoms with Crippen molar-refractivity contribution in [2.45, 2.75) is 39.3 Å². The zero-order valence-corrected chi connectivity index (χ0v) is 22.6. The van der Waals surface area contributed by atoms with Crippen molar-refractivity contribution in [1.82, 2.24) is 14.8 Å². The summed E-state index contributed by atoms with van der Waals surface area (Å²) in [6.45, 7) is 3.43. The maximum absolute atomic E-state index is 13.5. The largest absolute Gasteiger partial charge is 0.435 e. The van der Waals surface area contributed by atoms with E-state index >= 15 is 0 Å². The fraction of sp³-hybridized carbons (Fsp3) is 0.360. The van der Waals surface area contributed by atoms with E-state index in [-0.39, 0.29) is 44.9 Å². The molecule has 202 valence electrons. The number of alkyl halides is 3. The molecule has 1 aromatic carbocycles. The third-order valence-electron chi connectivity index (χ3n) is 6.64. The first-order valence-corrected chi connectivity index (χ1v) is 14.1. The highest BCUT2D eigenvalue weighted by Gasteiger charge is 2.48.